The highest BCUT2D eigenvalue weighted by Crippen LogP contribution is 2.61. The number of hydrogen-bond donors (Lipinski definition) is 1. The van der Waals surface area contributed by atoms with Crippen molar-refractivity contribution in [3.05, 3.63) is 48.6 Å². The number of carbonyl (C=O) groups excluding carboxylic acids is 3. The molecule has 0 saturated carbocycles. The van der Waals surface area contributed by atoms with E-state index in [4.69, 9.17) is 4.74 Å². The fraction of sp³-hybridized carbons (Fsp3) is 0.567. The lowest BCUT2D eigenvalue weighted by atomic mass is 9.78. The summed E-state index contributed by atoms with van der Waals surface area (Å²) in [5, 5.41) is 9.38. The first kappa shape index (κ1) is 27.8. The van der Waals surface area contributed by atoms with E-state index in [1.165, 1.54) is 0 Å². The van der Waals surface area contributed by atoms with Crippen molar-refractivity contribution in [1.82, 2.24) is 9.80 Å². The Morgan fingerprint density at radius 1 is 1.08 bits per heavy atom. The number of anilines is 1. The van der Waals surface area contributed by atoms with Gasteiger partial charge in [0.25, 0.3) is 0 Å². The molecular formula is C30H39N3O5S. The number of nitrogens with zero attached hydrogens (tertiary/aromatic N) is 3. The number of carbonyl (C=O) groups is 3. The number of thioether (sulfide) groups is 1. The summed E-state index contributed by atoms with van der Waals surface area (Å²) in [6.07, 6.45) is 10.4. The Balaban J connectivity index is 1.53. The molecule has 4 aliphatic rings. The van der Waals surface area contributed by atoms with Gasteiger partial charge in [-0.2, -0.15) is 0 Å². The summed E-state index contributed by atoms with van der Waals surface area (Å²) >= 11 is 1.59. The summed E-state index contributed by atoms with van der Waals surface area (Å²) in [4.78, 5) is 48.0. The zero-order valence-corrected chi connectivity index (χ0v) is 23.8. The lowest BCUT2D eigenvalue weighted by Crippen LogP contribution is -2.55. The molecule has 3 amide bonds. The van der Waals surface area contributed by atoms with Crippen LogP contribution in [-0.2, 0) is 14.4 Å². The number of amides is 3. The maximum absolute atomic E-state index is 14.3. The van der Waals surface area contributed by atoms with Crippen molar-refractivity contribution in [2.75, 3.05) is 37.7 Å². The van der Waals surface area contributed by atoms with Gasteiger partial charge in [0, 0.05) is 43.2 Å². The van der Waals surface area contributed by atoms with Gasteiger partial charge >= 0.3 is 0 Å². The fourth-order valence-corrected chi connectivity index (χ4v) is 8.73. The number of rotatable bonds is 9. The molecule has 1 spiro atoms. The average Bonchev–Trinajstić information content (AvgIpc) is 3.23. The van der Waals surface area contributed by atoms with Gasteiger partial charge in [-0.1, -0.05) is 37.6 Å². The van der Waals surface area contributed by atoms with Crippen LogP contribution >= 0.6 is 11.8 Å². The van der Waals surface area contributed by atoms with Gasteiger partial charge in [-0.15, -0.1) is 11.8 Å². The van der Waals surface area contributed by atoms with Crippen LogP contribution in [0.2, 0.25) is 0 Å². The van der Waals surface area contributed by atoms with Gasteiger partial charge in [0.05, 0.1) is 23.2 Å². The molecule has 0 radical (unpaired) electrons. The Morgan fingerprint density at radius 2 is 1.85 bits per heavy atom. The highest BCUT2D eigenvalue weighted by Gasteiger charge is 2.71. The number of ether oxygens (including phenoxy) is 1. The first-order valence-corrected chi connectivity index (χ1v) is 15.0. The number of aliphatic hydroxyl groups is 1. The van der Waals surface area contributed by atoms with Crippen LogP contribution in [0.5, 0.6) is 5.75 Å². The third kappa shape index (κ3) is 4.67. The molecule has 1 aromatic carbocycles. The molecule has 4 aliphatic heterocycles. The minimum atomic E-state index is -0.832. The highest BCUT2D eigenvalue weighted by atomic mass is 32.2. The van der Waals surface area contributed by atoms with E-state index in [1.54, 1.807) is 21.6 Å². The molecule has 2 unspecified atom stereocenters. The Morgan fingerprint density at radius 3 is 2.54 bits per heavy atom. The first-order valence-electron chi connectivity index (χ1n) is 14.2. The first-order chi connectivity index (χ1) is 18.9. The summed E-state index contributed by atoms with van der Waals surface area (Å²) in [6, 6.07) is 6.82. The van der Waals surface area contributed by atoms with E-state index in [2.05, 4.69) is 26.0 Å². The summed E-state index contributed by atoms with van der Waals surface area (Å²) in [5.74, 6) is -0.819. The van der Waals surface area contributed by atoms with Gasteiger partial charge in [0.2, 0.25) is 17.7 Å². The molecule has 5 rings (SSSR count). The predicted octanol–water partition coefficient (Wildman–Crippen LogP) is 3.25. The van der Waals surface area contributed by atoms with E-state index in [-0.39, 0.29) is 35.6 Å². The van der Waals surface area contributed by atoms with Crippen LogP contribution in [0.25, 0.3) is 0 Å². The van der Waals surface area contributed by atoms with E-state index in [1.807, 2.05) is 48.2 Å². The van der Waals surface area contributed by atoms with Crippen LogP contribution in [0.3, 0.4) is 0 Å². The zero-order valence-electron chi connectivity index (χ0n) is 23.0. The maximum Gasteiger partial charge on any atom is 0.247 e. The molecule has 0 aromatic heterocycles. The molecule has 9 heteroatoms. The Hall–Kier alpha value is -2.78. The number of hydrogen-bond acceptors (Lipinski definition) is 6. The monoisotopic (exact) mass is 553 g/mol. The van der Waals surface area contributed by atoms with Crippen LogP contribution in [0.15, 0.2) is 48.6 Å². The van der Waals surface area contributed by atoms with Gasteiger partial charge in [-0.3, -0.25) is 14.4 Å². The van der Waals surface area contributed by atoms with E-state index < -0.39 is 22.6 Å². The van der Waals surface area contributed by atoms with E-state index in [0.717, 1.165) is 24.3 Å². The van der Waals surface area contributed by atoms with Crippen LogP contribution in [-0.4, -0.2) is 87.6 Å². The Bertz CT molecular complexity index is 1150. The third-order valence-electron chi connectivity index (χ3n) is 8.44. The lowest BCUT2D eigenvalue weighted by molar-refractivity contribution is -0.143. The molecule has 4 heterocycles. The second kappa shape index (κ2) is 11.4. The quantitative estimate of drug-likeness (QED) is 0.472. The molecule has 1 N–H and O–H groups in total. The van der Waals surface area contributed by atoms with Crippen molar-refractivity contribution in [3.63, 3.8) is 0 Å². The standard InChI is InChI=1S/C30H39N3O5S/c1-4-9-20(3)31-17-7-15-30-25(28(36)33(18-8-19-34)26(30)29(31)37)24-23(39-30)10-6-16-32(27(24)35)21-11-13-22(14-12-21)38-5-2/h6-7,10-15,20,23-26,34H,4-5,8-9,16-19H2,1-3H3/t20?,23-,24+,25-,26?,30-/m0/s1. The van der Waals surface area contributed by atoms with Gasteiger partial charge in [-0.25, -0.2) is 0 Å². The zero-order chi connectivity index (χ0) is 27.7. The molecule has 2 saturated heterocycles. The normalized spacial score (nSPS) is 30.7. The molecule has 210 valence electrons. The van der Waals surface area contributed by atoms with Crippen molar-refractivity contribution in [3.8, 4) is 5.75 Å². The number of fused-ring (bicyclic) bond motifs is 2. The Labute approximate surface area is 235 Å². The van der Waals surface area contributed by atoms with Crippen molar-refractivity contribution >= 4 is 35.2 Å². The summed E-state index contributed by atoms with van der Waals surface area (Å²) < 4.78 is 4.74. The molecule has 6 atom stereocenters. The molecular weight excluding hydrogens is 514 g/mol. The van der Waals surface area contributed by atoms with E-state index in [0.29, 0.717) is 32.7 Å². The molecule has 8 nitrogen and oxygen atoms in total. The van der Waals surface area contributed by atoms with E-state index >= 15 is 0 Å². The number of benzene rings is 1. The van der Waals surface area contributed by atoms with Gasteiger partial charge in [0.15, 0.2) is 0 Å². The molecule has 2 fully saturated rings. The fourth-order valence-electron chi connectivity index (χ4n) is 6.73. The van der Waals surface area contributed by atoms with Crippen molar-refractivity contribution in [1.29, 1.82) is 0 Å². The minimum absolute atomic E-state index is 0.0460. The molecule has 39 heavy (non-hydrogen) atoms. The SMILES string of the molecule is CCCC(C)N1CC=C[C@]23S[C@H]4C=CCN(c5ccc(OCC)cc5)C(=O)[C@H]4[C@H]2C(=O)N(CCCO)C3C1=O. The van der Waals surface area contributed by atoms with Crippen molar-refractivity contribution < 1.29 is 24.2 Å². The predicted molar refractivity (Wildman–Crippen MR) is 153 cm³/mol. The summed E-state index contributed by atoms with van der Waals surface area (Å²) in [6.45, 7) is 7.79. The second-order valence-electron chi connectivity index (χ2n) is 10.8. The minimum Gasteiger partial charge on any atom is -0.494 e. The van der Waals surface area contributed by atoms with Crippen LogP contribution in [0.4, 0.5) is 5.69 Å². The highest BCUT2D eigenvalue weighted by molar-refractivity contribution is 8.02. The van der Waals surface area contributed by atoms with Crippen molar-refractivity contribution in [2.45, 2.75) is 62.1 Å². The smallest absolute Gasteiger partial charge is 0.247 e. The molecule has 0 aliphatic carbocycles. The Kier molecular flexibility index (Phi) is 8.10. The lowest BCUT2D eigenvalue weighted by Gasteiger charge is -2.37. The van der Waals surface area contributed by atoms with Gasteiger partial charge in [0.1, 0.15) is 11.8 Å². The van der Waals surface area contributed by atoms with E-state index in [9.17, 15) is 19.5 Å². The summed E-state index contributed by atoms with van der Waals surface area (Å²) in [5.41, 5.74) is 0.755. The number of aliphatic hydroxyl groups excluding tert-OH is 1. The van der Waals surface area contributed by atoms with Gasteiger partial charge < -0.3 is 24.5 Å². The number of likely N-dealkylation sites (tertiary alicyclic amines) is 1. The van der Waals surface area contributed by atoms with Crippen molar-refractivity contribution in [2.24, 2.45) is 11.8 Å². The topological polar surface area (TPSA) is 90.4 Å². The third-order valence-corrected chi connectivity index (χ3v) is 10.2. The maximum atomic E-state index is 14.3. The largest absolute Gasteiger partial charge is 0.494 e. The van der Waals surface area contributed by atoms with Crippen LogP contribution in [0, 0.1) is 11.8 Å². The average molecular weight is 554 g/mol. The van der Waals surface area contributed by atoms with Gasteiger partial charge in [-0.05, 0) is 51.0 Å². The summed E-state index contributed by atoms with van der Waals surface area (Å²) in [7, 11) is 0. The van der Waals surface area contributed by atoms with Crippen LogP contribution in [0.1, 0.15) is 40.0 Å². The molecule has 1 aromatic rings. The molecule has 0 bridgehead atoms. The second-order valence-corrected chi connectivity index (χ2v) is 12.3. The van der Waals surface area contributed by atoms with Crippen LogP contribution < -0.4 is 9.64 Å².